The zero-order valence-corrected chi connectivity index (χ0v) is 14.6. The van der Waals surface area contributed by atoms with Gasteiger partial charge in [-0.05, 0) is 32.9 Å². The molecule has 1 aliphatic carbocycles. The number of aliphatic imine (C=N–C) groups is 1. The fourth-order valence-corrected chi connectivity index (χ4v) is 3.14. The Hall–Kier alpha value is -2.63. The molecule has 0 bridgehead atoms. The Morgan fingerprint density at radius 3 is 2.68 bits per heavy atom. The van der Waals surface area contributed by atoms with Crippen LogP contribution in [0.5, 0.6) is 0 Å². The Balaban J connectivity index is 1.98. The number of benzene rings is 1. The molecule has 132 valence electrons. The van der Waals surface area contributed by atoms with Crippen LogP contribution in [-0.4, -0.2) is 36.3 Å². The zero-order valence-electron chi connectivity index (χ0n) is 14.6. The van der Waals surface area contributed by atoms with Gasteiger partial charge in [-0.2, -0.15) is 0 Å². The van der Waals surface area contributed by atoms with Crippen molar-refractivity contribution in [3.63, 3.8) is 0 Å². The van der Waals surface area contributed by atoms with Gasteiger partial charge in [-0.1, -0.05) is 29.3 Å². The highest BCUT2D eigenvalue weighted by atomic mass is 16.7. The summed E-state index contributed by atoms with van der Waals surface area (Å²) in [5.74, 6) is -0.233. The summed E-state index contributed by atoms with van der Waals surface area (Å²) < 4.78 is 15.8. The molecule has 25 heavy (non-hydrogen) atoms. The molecule has 0 fully saturated rings. The second-order valence-corrected chi connectivity index (χ2v) is 6.33. The maximum absolute atomic E-state index is 12.7. The second kappa shape index (κ2) is 6.70. The number of carbonyl (C=O) groups excluding carboxylic acids is 2. The lowest BCUT2D eigenvalue weighted by Gasteiger charge is -2.35. The normalized spacial score (nSPS) is 25.6. The van der Waals surface area contributed by atoms with Crippen LogP contribution in [0.2, 0.25) is 0 Å². The predicted octanol–water partition coefficient (Wildman–Crippen LogP) is 3.40. The Labute approximate surface area is 146 Å². The molecule has 2 atom stereocenters. The summed E-state index contributed by atoms with van der Waals surface area (Å²) in [5, 5.41) is 0. The largest absolute Gasteiger partial charge is 0.508 e. The molecular weight excluding hydrogens is 322 g/mol. The van der Waals surface area contributed by atoms with Crippen LogP contribution in [-0.2, 0) is 19.0 Å². The lowest BCUT2D eigenvalue weighted by Crippen LogP contribution is -2.50. The quantitative estimate of drug-likeness (QED) is 0.621. The van der Waals surface area contributed by atoms with Gasteiger partial charge in [-0.3, -0.25) is 0 Å². The lowest BCUT2D eigenvalue weighted by atomic mass is 9.77. The van der Waals surface area contributed by atoms with Crippen molar-refractivity contribution in [2.45, 2.75) is 45.3 Å². The van der Waals surface area contributed by atoms with Gasteiger partial charge < -0.3 is 14.2 Å². The van der Waals surface area contributed by atoms with E-state index in [-0.39, 0.29) is 12.5 Å². The van der Waals surface area contributed by atoms with Crippen molar-refractivity contribution in [1.82, 2.24) is 0 Å². The molecule has 0 radical (unpaired) electrons. The Morgan fingerprint density at radius 1 is 1.28 bits per heavy atom. The Bertz CT molecular complexity index is 752. The summed E-state index contributed by atoms with van der Waals surface area (Å²) in [6.07, 6.45) is -0.761. The Morgan fingerprint density at radius 2 is 2.00 bits per heavy atom. The van der Waals surface area contributed by atoms with E-state index in [1.807, 2.05) is 44.2 Å². The first-order valence-corrected chi connectivity index (χ1v) is 8.32. The second-order valence-electron chi connectivity index (χ2n) is 6.33. The van der Waals surface area contributed by atoms with Crippen molar-refractivity contribution in [2.75, 3.05) is 6.61 Å². The SMILES string of the molecule is CCOC(=O)O[C@@H]1CC(C)=C(C)C[C@]12N=C(c1ccccc1)OC2=O. The van der Waals surface area contributed by atoms with E-state index < -0.39 is 23.8 Å². The number of rotatable bonds is 3. The van der Waals surface area contributed by atoms with Crippen LogP contribution in [0.3, 0.4) is 0 Å². The van der Waals surface area contributed by atoms with Gasteiger partial charge in [0.25, 0.3) is 0 Å². The average molecular weight is 343 g/mol. The van der Waals surface area contributed by atoms with Crippen LogP contribution in [0.15, 0.2) is 46.5 Å². The van der Waals surface area contributed by atoms with Crippen LogP contribution in [0, 0.1) is 0 Å². The minimum Gasteiger partial charge on any atom is -0.435 e. The maximum Gasteiger partial charge on any atom is 0.508 e. The third kappa shape index (κ3) is 3.16. The van der Waals surface area contributed by atoms with Crippen molar-refractivity contribution in [2.24, 2.45) is 4.99 Å². The summed E-state index contributed by atoms with van der Waals surface area (Å²) in [7, 11) is 0. The van der Waals surface area contributed by atoms with Crippen molar-refractivity contribution < 1.29 is 23.8 Å². The van der Waals surface area contributed by atoms with Gasteiger partial charge in [0.05, 0.1) is 6.61 Å². The average Bonchev–Trinajstić information content (AvgIpc) is 2.91. The summed E-state index contributed by atoms with van der Waals surface area (Å²) >= 11 is 0. The highest BCUT2D eigenvalue weighted by Gasteiger charge is 2.56. The lowest BCUT2D eigenvalue weighted by molar-refractivity contribution is -0.144. The minimum absolute atomic E-state index is 0.204. The monoisotopic (exact) mass is 343 g/mol. The van der Waals surface area contributed by atoms with Crippen molar-refractivity contribution in [1.29, 1.82) is 0 Å². The van der Waals surface area contributed by atoms with Gasteiger partial charge in [-0.25, -0.2) is 14.6 Å². The topological polar surface area (TPSA) is 74.2 Å². The number of hydrogen-bond acceptors (Lipinski definition) is 6. The number of esters is 1. The molecule has 0 N–H and O–H groups in total. The summed E-state index contributed by atoms with van der Waals surface area (Å²) in [4.78, 5) is 29.2. The van der Waals surface area contributed by atoms with E-state index in [1.54, 1.807) is 6.92 Å². The molecule has 0 saturated heterocycles. The highest BCUT2D eigenvalue weighted by molar-refractivity contribution is 6.08. The molecule has 0 unspecified atom stereocenters. The molecule has 0 amide bonds. The fourth-order valence-electron chi connectivity index (χ4n) is 3.14. The van der Waals surface area contributed by atoms with Crippen LogP contribution in [0.1, 0.15) is 39.2 Å². The van der Waals surface area contributed by atoms with Gasteiger partial charge >= 0.3 is 12.1 Å². The first-order chi connectivity index (χ1) is 12.0. The Kier molecular flexibility index (Phi) is 4.61. The molecule has 1 heterocycles. The molecule has 0 aromatic heterocycles. The molecule has 1 aromatic rings. The van der Waals surface area contributed by atoms with E-state index in [4.69, 9.17) is 14.2 Å². The fraction of sp³-hybridized carbons (Fsp3) is 0.421. The number of carbonyl (C=O) groups is 2. The zero-order chi connectivity index (χ0) is 18.0. The molecule has 6 nitrogen and oxygen atoms in total. The van der Waals surface area contributed by atoms with Gasteiger partial charge in [-0.15, -0.1) is 0 Å². The summed E-state index contributed by atoms with van der Waals surface area (Å²) in [6.45, 7) is 5.82. The number of nitrogens with zero attached hydrogens (tertiary/aromatic N) is 1. The van der Waals surface area contributed by atoms with Crippen LogP contribution in [0.4, 0.5) is 4.79 Å². The first-order valence-electron chi connectivity index (χ1n) is 8.32. The molecule has 1 aromatic carbocycles. The maximum atomic E-state index is 12.7. The molecule has 3 rings (SSSR count). The third-order valence-electron chi connectivity index (χ3n) is 4.65. The molecular formula is C19H21NO5. The van der Waals surface area contributed by atoms with Gasteiger partial charge in [0.2, 0.25) is 11.4 Å². The van der Waals surface area contributed by atoms with Crippen molar-refractivity contribution in [3.8, 4) is 0 Å². The molecule has 1 spiro atoms. The molecule has 0 saturated carbocycles. The number of hydrogen-bond donors (Lipinski definition) is 0. The van der Waals surface area contributed by atoms with E-state index >= 15 is 0 Å². The standard InChI is InChI=1S/C19H21NO5/c1-4-23-18(22)24-15-10-12(2)13(3)11-19(15)17(21)25-16(20-19)14-8-6-5-7-9-14/h5-9,15H,4,10-11H2,1-3H3/t15-,19+/m1/s1. The number of ether oxygens (including phenoxy) is 3. The first kappa shape index (κ1) is 17.2. The van der Waals surface area contributed by atoms with Gasteiger partial charge in [0.1, 0.15) is 6.10 Å². The van der Waals surface area contributed by atoms with Gasteiger partial charge in [0, 0.05) is 18.4 Å². The molecule has 2 aliphatic rings. The molecule has 1 aliphatic heterocycles. The van der Waals surface area contributed by atoms with Crippen LogP contribution < -0.4 is 0 Å². The minimum atomic E-state index is -1.25. The van der Waals surface area contributed by atoms with Crippen LogP contribution >= 0.6 is 0 Å². The van der Waals surface area contributed by atoms with E-state index in [0.717, 1.165) is 11.1 Å². The molecule has 6 heteroatoms. The number of cyclic esters (lactones) is 1. The summed E-state index contributed by atoms with van der Waals surface area (Å²) in [5.41, 5.74) is 1.60. The van der Waals surface area contributed by atoms with E-state index in [2.05, 4.69) is 4.99 Å². The predicted molar refractivity (Wildman–Crippen MR) is 91.3 cm³/mol. The third-order valence-corrected chi connectivity index (χ3v) is 4.65. The van der Waals surface area contributed by atoms with E-state index in [0.29, 0.717) is 18.4 Å². The van der Waals surface area contributed by atoms with Gasteiger partial charge in [0.15, 0.2) is 0 Å². The van der Waals surface area contributed by atoms with Crippen molar-refractivity contribution >= 4 is 18.0 Å². The van der Waals surface area contributed by atoms with E-state index in [1.165, 1.54) is 0 Å². The van der Waals surface area contributed by atoms with Crippen LogP contribution in [0.25, 0.3) is 0 Å². The smallest absolute Gasteiger partial charge is 0.435 e. The highest BCUT2D eigenvalue weighted by Crippen LogP contribution is 2.41. The summed E-state index contributed by atoms with van der Waals surface area (Å²) in [6, 6.07) is 9.21. The van der Waals surface area contributed by atoms with E-state index in [9.17, 15) is 9.59 Å². The van der Waals surface area contributed by atoms with Crippen molar-refractivity contribution in [3.05, 3.63) is 47.0 Å².